The molecule has 0 aromatic rings. The van der Waals surface area contributed by atoms with Crippen molar-refractivity contribution < 1.29 is 4.74 Å². The van der Waals surface area contributed by atoms with E-state index in [2.05, 4.69) is 37.8 Å². The van der Waals surface area contributed by atoms with Crippen LogP contribution in [-0.2, 0) is 4.74 Å². The molecule has 1 aliphatic carbocycles. The van der Waals surface area contributed by atoms with Crippen molar-refractivity contribution in [2.75, 3.05) is 18.9 Å². The van der Waals surface area contributed by atoms with Crippen LogP contribution in [0.25, 0.3) is 0 Å². The summed E-state index contributed by atoms with van der Waals surface area (Å²) in [5.74, 6) is 1.20. The highest BCUT2D eigenvalue weighted by Crippen LogP contribution is 2.29. The van der Waals surface area contributed by atoms with E-state index < -0.39 is 0 Å². The van der Waals surface area contributed by atoms with Gasteiger partial charge >= 0.3 is 0 Å². The molecule has 0 aromatic heterocycles. The summed E-state index contributed by atoms with van der Waals surface area (Å²) >= 11 is 2.14. The maximum atomic E-state index is 5.70. The van der Waals surface area contributed by atoms with E-state index in [1.807, 2.05) is 0 Å². The van der Waals surface area contributed by atoms with Gasteiger partial charge in [-0.25, -0.2) is 0 Å². The number of thioether (sulfide) groups is 1. The van der Waals surface area contributed by atoms with Crippen LogP contribution in [-0.4, -0.2) is 36.3 Å². The Hall–Kier alpha value is 0.270. The van der Waals surface area contributed by atoms with Gasteiger partial charge in [0.2, 0.25) is 0 Å². The monoisotopic (exact) mass is 245 g/mol. The summed E-state index contributed by atoms with van der Waals surface area (Å²) < 4.78 is 5.70. The molecule has 1 atom stereocenters. The Labute approximate surface area is 105 Å². The molecular formula is C13H27NOS. The summed E-state index contributed by atoms with van der Waals surface area (Å²) in [6.07, 6.45) is 6.07. The van der Waals surface area contributed by atoms with Crippen LogP contribution in [0.15, 0.2) is 0 Å². The molecule has 1 unspecified atom stereocenters. The maximum Gasteiger partial charge on any atom is 0.0631 e. The third-order valence-corrected chi connectivity index (χ3v) is 4.50. The lowest BCUT2D eigenvalue weighted by atomic mass is 10.3. The van der Waals surface area contributed by atoms with Crippen LogP contribution in [0.1, 0.15) is 46.5 Å². The predicted molar refractivity (Wildman–Crippen MR) is 73.3 cm³/mol. The molecule has 0 heterocycles. The Morgan fingerprint density at radius 3 is 2.56 bits per heavy atom. The number of hydrogen-bond acceptors (Lipinski definition) is 3. The molecular weight excluding hydrogens is 218 g/mol. The maximum absolute atomic E-state index is 5.70. The molecule has 1 aliphatic rings. The van der Waals surface area contributed by atoms with Gasteiger partial charge in [0, 0.05) is 17.0 Å². The van der Waals surface area contributed by atoms with Gasteiger partial charge in [0.1, 0.15) is 0 Å². The molecule has 0 bridgehead atoms. The molecule has 2 nitrogen and oxygen atoms in total. The second-order valence-corrected chi connectivity index (χ2v) is 6.21. The van der Waals surface area contributed by atoms with Crippen molar-refractivity contribution in [2.45, 2.75) is 63.9 Å². The van der Waals surface area contributed by atoms with E-state index in [0.29, 0.717) is 12.1 Å². The van der Waals surface area contributed by atoms with Crippen LogP contribution >= 0.6 is 11.8 Å². The average Bonchev–Trinajstić information content (AvgIpc) is 2.75. The normalized spacial score (nSPS) is 19.5. The zero-order chi connectivity index (χ0) is 11.8. The molecule has 0 amide bonds. The number of hydrogen-bond donors (Lipinski definition) is 1. The van der Waals surface area contributed by atoms with Gasteiger partial charge in [-0.15, -0.1) is 0 Å². The molecule has 0 spiro atoms. The van der Waals surface area contributed by atoms with Gasteiger partial charge in [0.05, 0.1) is 12.7 Å². The standard InChI is InChI=1S/C13H27NOS/c1-4-14-12(9-15-11(2)3)10-16-13-7-5-6-8-13/h11-14H,4-10H2,1-3H3. The van der Waals surface area contributed by atoms with Crippen molar-refractivity contribution in [1.82, 2.24) is 5.32 Å². The van der Waals surface area contributed by atoms with Crippen molar-refractivity contribution in [3.63, 3.8) is 0 Å². The third-order valence-electron chi connectivity index (χ3n) is 2.96. The average molecular weight is 245 g/mol. The number of rotatable bonds is 8. The predicted octanol–water partition coefficient (Wildman–Crippen LogP) is 3.07. The Morgan fingerprint density at radius 1 is 1.31 bits per heavy atom. The fourth-order valence-corrected chi connectivity index (χ4v) is 3.46. The molecule has 0 aliphatic heterocycles. The van der Waals surface area contributed by atoms with E-state index in [1.54, 1.807) is 0 Å². The van der Waals surface area contributed by atoms with Crippen molar-refractivity contribution in [3.8, 4) is 0 Å². The third kappa shape index (κ3) is 6.12. The molecule has 96 valence electrons. The minimum absolute atomic E-state index is 0.345. The van der Waals surface area contributed by atoms with Crippen LogP contribution in [0, 0.1) is 0 Å². The van der Waals surface area contributed by atoms with Gasteiger partial charge < -0.3 is 10.1 Å². The molecule has 0 saturated heterocycles. The minimum Gasteiger partial charge on any atom is -0.377 e. The molecule has 1 rings (SSSR count). The molecule has 16 heavy (non-hydrogen) atoms. The summed E-state index contributed by atoms with van der Waals surface area (Å²) in [5, 5.41) is 4.43. The highest BCUT2D eigenvalue weighted by atomic mass is 32.2. The van der Waals surface area contributed by atoms with Crippen LogP contribution in [0.5, 0.6) is 0 Å². The van der Waals surface area contributed by atoms with Crippen molar-refractivity contribution in [3.05, 3.63) is 0 Å². The molecule has 0 radical (unpaired) electrons. The zero-order valence-corrected chi connectivity index (χ0v) is 11.8. The first kappa shape index (κ1) is 14.3. The van der Waals surface area contributed by atoms with Crippen LogP contribution in [0.4, 0.5) is 0 Å². The largest absolute Gasteiger partial charge is 0.377 e. The van der Waals surface area contributed by atoms with E-state index in [4.69, 9.17) is 4.74 Å². The van der Waals surface area contributed by atoms with E-state index in [1.165, 1.54) is 31.4 Å². The van der Waals surface area contributed by atoms with Gasteiger partial charge in [-0.05, 0) is 33.2 Å². The van der Waals surface area contributed by atoms with Gasteiger partial charge in [0.15, 0.2) is 0 Å². The van der Waals surface area contributed by atoms with Crippen LogP contribution in [0.3, 0.4) is 0 Å². The fraction of sp³-hybridized carbons (Fsp3) is 1.00. The molecule has 1 fully saturated rings. The lowest BCUT2D eigenvalue weighted by Crippen LogP contribution is -2.36. The summed E-state index contributed by atoms with van der Waals surface area (Å²) in [4.78, 5) is 0. The Balaban J connectivity index is 2.15. The Kier molecular flexibility index (Phi) is 7.50. The Bertz CT molecular complexity index is 169. The SMILES string of the molecule is CCNC(COC(C)C)CSC1CCCC1. The van der Waals surface area contributed by atoms with E-state index >= 15 is 0 Å². The van der Waals surface area contributed by atoms with Gasteiger partial charge in [-0.2, -0.15) is 11.8 Å². The van der Waals surface area contributed by atoms with Crippen LogP contribution < -0.4 is 5.32 Å². The van der Waals surface area contributed by atoms with Gasteiger partial charge in [0.25, 0.3) is 0 Å². The van der Waals surface area contributed by atoms with E-state index in [9.17, 15) is 0 Å². The highest BCUT2D eigenvalue weighted by Gasteiger charge is 2.17. The minimum atomic E-state index is 0.345. The lowest BCUT2D eigenvalue weighted by molar-refractivity contribution is 0.0658. The number of ether oxygens (including phenoxy) is 1. The Morgan fingerprint density at radius 2 is 2.00 bits per heavy atom. The van der Waals surface area contributed by atoms with Gasteiger partial charge in [-0.1, -0.05) is 19.8 Å². The molecule has 3 heteroatoms. The zero-order valence-electron chi connectivity index (χ0n) is 11.0. The van der Waals surface area contributed by atoms with E-state index in [-0.39, 0.29) is 0 Å². The number of likely N-dealkylation sites (N-methyl/N-ethyl adjacent to an activating group) is 1. The lowest BCUT2D eigenvalue weighted by Gasteiger charge is -2.20. The first-order valence-corrected chi connectivity index (χ1v) is 7.73. The summed E-state index contributed by atoms with van der Waals surface area (Å²) in [6.45, 7) is 8.27. The van der Waals surface area contributed by atoms with Crippen LogP contribution in [0.2, 0.25) is 0 Å². The van der Waals surface area contributed by atoms with Gasteiger partial charge in [-0.3, -0.25) is 0 Å². The molecule has 1 N–H and O–H groups in total. The van der Waals surface area contributed by atoms with Crippen molar-refractivity contribution in [2.24, 2.45) is 0 Å². The summed E-state index contributed by atoms with van der Waals surface area (Å²) in [7, 11) is 0. The first-order valence-electron chi connectivity index (χ1n) is 6.69. The van der Waals surface area contributed by atoms with Crippen molar-refractivity contribution >= 4 is 11.8 Å². The first-order chi connectivity index (χ1) is 7.72. The van der Waals surface area contributed by atoms with Crippen molar-refractivity contribution in [1.29, 1.82) is 0 Å². The summed E-state index contributed by atoms with van der Waals surface area (Å²) in [5.41, 5.74) is 0. The summed E-state index contributed by atoms with van der Waals surface area (Å²) in [6, 6.07) is 0.526. The number of nitrogens with one attached hydrogen (secondary N) is 1. The molecule has 1 saturated carbocycles. The quantitative estimate of drug-likeness (QED) is 0.710. The fourth-order valence-electron chi connectivity index (χ4n) is 2.07. The van der Waals surface area contributed by atoms with E-state index in [0.717, 1.165) is 18.4 Å². The second-order valence-electron chi connectivity index (χ2n) is 4.88. The topological polar surface area (TPSA) is 21.3 Å². The highest BCUT2D eigenvalue weighted by molar-refractivity contribution is 7.99. The molecule has 0 aromatic carbocycles. The smallest absolute Gasteiger partial charge is 0.0631 e. The second kappa shape index (κ2) is 8.37.